The van der Waals surface area contributed by atoms with E-state index in [1.807, 2.05) is 5.32 Å². The van der Waals surface area contributed by atoms with E-state index in [9.17, 15) is 66.9 Å². The molecule has 7 atom stereocenters. The number of Topliss-reactive ketones (excluding diaryl/α,β-unsaturated/α-hetero) is 1. The summed E-state index contributed by atoms with van der Waals surface area (Å²) < 4.78 is 71.5. The Bertz CT molecular complexity index is 1920. The molecule has 24 heteroatoms. The van der Waals surface area contributed by atoms with Crippen LogP contribution in [0.5, 0.6) is 0 Å². The zero-order valence-electron chi connectivity index (χ0n) is 27.9. The molecule has 1 aliphatic carbocycles. The van der Waals surface area contributed by atoms with Crippen LogP contribution in [0.1, 0.15) is 31.1 Å². The van der Waals surface area contributed by atoms with Crippen LogP contribution in [0.2, 0.25) is 0 Å². The molecule has 2 fully saturated rings. The summed E-state index contributed by atoms with van der Waals surface area (Å²) in [5.74, 6) is -8.59. The smallest absolute Gasteiger partial charge is 0.409 e. The van der Waals surface area contributed by atoms with Crippen molar-refractivity contribution in [3.63, 3.8) is 0 Å². The minimum Gasteiger partial charge on any atom is -0.481 e. The normalized spacial score (nSPS) is 23.0. The standard InChI is InChI=1S/C29H35F3N6O13P2/c1-11(25(40)36-26(41)12(2)34-28(44)51-29(3,52(45,46)47)53(48,49)50)33-21-15-8-37(9-16(15)21)24-19(32)7-14-22(39)17(27(42)43)10-38(23(14)35-24)20-5-4-13(30)6-18(20)31/h4-7,11-12,15-17,21,25,33,40H,8-10H2,1-3H3,(H,34,44)(H,36,41)(H,42,43)(H2,45,46,47)(H2,48,49,50)/t11?,12-,15-,16+,17?,21+,25?/m0/s1. The van der Waals surface area contributed by atoms with Crippen molar-refractivity contribution in [3.05, 3.63) is 47.3 Å². The third kappa shape index (κ3) is 7.76. The van der Waals surface area contributed by atoms with Gasteiger partial charge in [-0.2, -0.15) is 0 Å². The average Bonchev–Trinajstić information content (AvgIpc) is 3.45. The Kier molecular flexibility index (Phi) is 10.8. The Labute approximate surface area is 297 Å². The van der Waals surface area contributed by atoms with E-state index in [4.69, 9.17) is 0 Å². The van der Waals surface area contributed by atoms with Crippen LogP contribution in [0.3, 0.4) is 0 Å². The predicted octanol–water partition coefficient (Wildman–Crippen LogP) is 0.525. The van der Waals surface area contributed by atoms with Gasteiger partial charge in [0.05, 0.1) is 11.3 Å². The van der Waals surface area contributed by atoms with E-state index in [-0.39, 0.29) is 53.9 Å². The number of amides is 2. The van der Waals surface area contributed by atoms with Gasteiger partial charge in [0.2, 0.25) is 5.91 Å². The third-order valence-corrected chi connectivity index (χ3v) is 13.4. The molecule has 290 valence electrons. The predicted molar refractivity (Wildman–Crippen MR) is 174 cm³/mol. The molecule has 3 unspecified atom stereocenters. The number of carbonyl (C=O) groups excluding carboxylic acids is 3. The number of hydrogen-bond donors (Lipinski definition) is 9. The number of aliphatic hydroxyl groups excluding tert-OH is 1. The van der Waals surface area contributed by atoms with Crippen molar-refractivity contribution in [1.29, 1.82) is 0 Å². The minimum absolute atomic E-state index is 0.103. The number of rotatable bonds is 12. The summed E-state index contributed by atoms with van der Waals surface area (Å²) >= 11 is 0. The Morgan fingerprint density at radius 3 is 2.11 bits per heavy atom. The molecule has 3 heterocycles. The second kappa shape index (κ2) is 14.3. The van der Waals surface area contributed by atoms with Crippen LogP contribution in [0.25, 0.3) is 0 Å². The van der Waals surface area contributed by atoms with Gasteiger partial charge in [-0.15, -0.1) is 0 Å². The van der Waals surface area contributed by atoms with Crippen molar-refractivity contribution >= 4 is 56.3 Å². The van der Waals surface area contributed by atoms with Crippen LogP contribution in [-0.4, -0.2) is 108 Å². The average molecular weight is 795 g/mol. The van der Waals surface area contributed by atoms with Gasteiger partial charge in [0, 0.05) is 37.8 Å². The topological polar surface area (TPSA) is 288 Å². The molecule has 1 aromatic heterocycles. The first-order valence-electron chi connectivity index (χ1n) is 15.8. The maximum atomic E-state index is 15.5. The van der Waals surface area contributed by atoms with E-state index >= 15 is 4.39 Å². The van der Waals surface area contributed by atoms with Gasteiger partial charge in [-0.25, -0.2) is 22.9 Å². The number of halogens is 3. The van der Waals surface area contributed by atoms with E-state index in [2.05, 4.69) is 20.4 Å². The van der Waals surface area contributed by atoms with Crippen molar-refractivity contribution in [2.24, 2.45) is 17.8 Å². The molecule has 2 aromatic rings. The molecule has 2 amide bonds. The highest BCUT2D eigenvalue weighted by Gasteiger charge is 2.61. The molecule has 1 saturated carbocycles. The van der Waals surface area contributed by atoms with Gasteiger partial charge < -0.3 is 60.3 Å². The number of aromatic nitrogens is 1. The van der Waals surface area contributed by atoms with Gasteiger partial charge in [0.1, 0.15) is 35.6 Å². The highest BCUT2D eigenvalue weighted by molar-refractivity contribution is 7.72. The van der Waals surface area contributed by atoms with Crippen LogP contribution in [-0.2, 0) is 23.5 Å². The summed E-state index contributed by atoms with van der Waals surface area (Å²) in [6.45, 7) is 2.88. The monoisotopic (exact) mass is 794 g/mol. The maximum Gasteiger partial charge on any atom is 0.409 e. The van der Waals surface area contributed by atoms with Crippen LogP contribution in [0.4, 0.5) is 35.3 Å². The van der Waals surface area contributed by atoms with Gasteiger partial charge in [-0.3, -0.25) is 23.5 Å². The van der Waals surface area contributed by atoms with Crippen molar-refractivity contribution in [2.45, 2.75) is 50.2 Å². The van der Waals surface area contributed by atoms with Crippen molar-refractivity contribution in [2.75, 3.05) is 29.4 Å². The van der Waals surface area contributed by atoms with Gasteiger partial charge in [-0.1, -0.05) is 0 Å². The number of anilines is 3. The number of carboxylic acid groups (broad SMARTS) is 1. The molecule has 19 nitrogen and oxygen atoms in total. The molecule has 1 aromatic carbocycles. The first-order chi connectivity index (χ1) is 24.4. The van der Waals surface area contributed by atoms with Crippen LogP contribution in [0, 0.1) is 35.2 Å². The maximum absolute atomic E-state index is 15.5. The summed E-state index contributed by atoms with van der Waals surface area (Å²) in [6, 6.07) is 0.871. The fourth-order valence-electron chi connectivity index (χ4n) is 6.19. The molecule has 2 aliphatic heterocycles. The first kappa shape index (κ1) is 40.1. The summed E-state index contributed by atoms with van der Waals surface area (Å²) in [4.78, 5) is 93.8. The van der Waals surface area contributed by atoms with Crippen molar-refractivity contribution in [1.82, 2.24) is 20.9 Å². The Hall–Kier alpha value is -4.14. The number of benzene rings is 1. The van der Waals surface area contributed by atoms with Gasteiger partial charge in [0.15, 0.2) is 17.4 Å². The number of fused-ring (bicyclic) bond motifs is 2. The fraction of sp³-hybridized carbons (Fsp3) is 0.483. The molecule has 0 spiro atoms. The summed E-state index contributed by atoms with van der Waals surface area (Å²) in [6.07, 6.45) is -3.30. The van der Waals surface area contributed by atoms with E-state index in [0.29, 0.717) is 13.0 Å². The Balaban J connectivity index is 1.19. The van der Waals surface area contributed by atoms with Crippen molar-refractivity contribution in [3.8, 4) is 0 Å². The number of aliphatic carboxylic acids is 1. The molecular formula is C29H35F3N6O13P2. The van der Waals surface area contributed by atoms with E-state index in [1.165, 1.54) is 6.92 Å². The quantitative estimate of drug-likeness (QED) is 0.0804. The molecule has 3 aliphatic rings. The van der Waals surface area contributed by atoms with E-state index in [0.717, 1.165) is 30.0 Å². The molecular weight excluding hydrogens is 759 g/mol. The molecule has 1 saturated heterocycles. The van der Waals surface area contributed by atoms with Gasteiger partial charge >= 0.3 is 32.3 Å². The number of nitrogens with one attached hydrogen (secondary N) is 3. The highest BCUT2D eigenvalue weighted by atomic mass is 31.2. The lowest BCUT2D eigenvalue weighted by molar-refractivity contribution is -0.139. The lowest BCUT2D eigenvalue weighted by Crippen LogP contribution is -2.55. The number of carbonyl (C=O) groups is 4. The lowest BCUT2D eigenvalue weighted by atomic mass is 9.92. The fourth-order valence-corrected chi connectivity index (χ4v) is 7.96. The van der Waals surface area contributed by atoms with Crippen molar-refractivity contribution < 1.29 is 76.0 Å². The second-order valence-corrected chi connectivity index (χ2v) is 17.3. The van der Waals surface area contributed by atoms with Crippen LogP contribution in [0.15, 0.2) is 24.3 Å². The largest absolute Gasteiger partial charge is 0.481 e. The van der Waals surface area contributed by atoms with Gasteiger partial charge in [0.25, 0.3) is 0 Å². The van der Waals surface area contributed by atoms with Crippen LogP contribution >= 0.6 is 15.2 Å². The van der Waals surface area contributed by atoms with E-state index < -0.39 is 92.3 Å². The molecule has 9 N–H and O–H groups in total. The van der Waals surface area contributed by atoms with Gasteiger partial charge in [-0.05, 0) is 50.8 Å². The zero-order valence-corrected chi connectivity index (χ0v) is 29.7. The molecule has 0 radical (unpaired) electrons. The number of carboxylic acids is 1. The number of pyridine rings is 1. The highest BCUT2D eigenvalue weighted by Crippen LogP contribution is 2.69. The van der Waals surface area contributed by atoms with Crippen LogP contribution < -0.4 is 25.8 Å². The molecule has 5 rings (SSSR count). The number of nitrogens with zero attached hydrogens (tertiary/aromatic N) is 3. The zero-order chi connectivity index (χ0) is 39.5. The number of alkyl carbamates (subject to hydrolysis) is 1. The van der Waals surface area contributed by atoms with E-state index in [1.54, 1.807) is 4.90 Å². The number of ketones is 1. The number of hydrogen-bond acceptors (Lipinski definition) is 12. The first-order valence-corrected chi connectivity index (χ1v) is 19.0. The summed E-state index contributed by atoms with van der Waals surface area (Å²) in [7, 11) is -11.4. The minimum atomic E-state index is -5.71. The number of aliphatic hydroxyl groups is 1. The second-order valence-electron chi connectivity index (χ2n) is 13.1. The SMILES string of the molecule is CC(N[C@H]1[C@@H]2CN(c3nc4c(cc3F)C(=O)C(C(=O)O)CN4c3ccc(F)cc3F)C[C@@H]21)C(O)NC(=O)[C@H](C)NC(=O)OC(C)(P(=O)(O)O)P(=O)(O)O. The Morgan fingerprint density at radius 2 is 1.57 bits per heavy atom. The number of ether oxygens (including phenoxy) is 1. The third-order valence-electron chi connectivity index (χ3n) is 9.45. The molecule has 0 bridgehead atoms. The molecule has 53 heavy (non-hydrogen) atoms. The lowest BCUT2D eigenvalue weighted by Gasteiger charge is -2.34. The number of piperidine rings is 1. The summed E-state index contributed by atoms with van der Waals surface area (Å²) in [5.41, 5.74) is -0.651. The summed E-state index contributed by atoms with van der Waals surface area (Å²) in [5, 5.41) is 23.9. The Morgan fingerprint density at radius 1 is 0.962 bits per heavy atom.